The second-order valence-electron chi connectivity index (χ2n) is 4.95. The highest BCUT2D eigenvalue weighted by atomic mass is 32.2. The maximum absolute atomic E-state index is 13.6. The van der Waals surface area contributed by atoms with Crippen LogP contribution in [0.25, 0.3) is 0 Å². The number of rotatable bonds is 4. The van der Waals surface area contributed by atoms with Crippen LogP contribution in [0, 0.1) is 17.5 Å². The molecule has 1 N–H and O–H groups in total. The average molecular weight is 358 g/mol. The number of hydrogen-bond acceptors (Lipinski definition) is 3. The number of anilines is 2. The van der Waals surface area contributed by atoms with Crippen LogP contribution in [0.2, 0.25) is 0 Å². The largest absolute Gasteiger partial charge is 0.322 e. The van der Waals surface area contributed by atoms with E-state index in [4.69, 9.17) is 0 Å². The van der Waals surface area contributed by atoms with Crippen molar-refractivity contribution in [2.24, 2.45) is 0 Å². The van der Waals surface area contributed by atoms with E-state index in [-0.39, 0.29) is 5.69 Å². The quantitative estimate of drug-likeness (QED) is 0.855. The molecule has 0 radical (unpaired) electrons. The average Bonchev–Trinajstić information content (AvgIpc) is 2.52. The number of carbonyl (C=O) groups is 1. The van der Waals surface area contributed by atoms with Crippen LogP contribution in [0.3, 0.4) is 0 Å². The van der Waals surface area contributed by atoms with Crippen molar-refractivity contribution >= 4 is 27.3 Å². The van der Waals surface area contributed by atoms with Gasteiger partial charge in [-0.25, -0.2) is 21.6 Å². The summed E-state index contributed by atoms with van der Waals surface area (Å²) in [4.78, 5) is 11.9. The lowest BCUT2D eigenvalue weighted by molar-refractivity contribution is 0.102. The Labute approximate surface area is 136 Å². The van der Waals surface area contributed by atoms with Crippen molar-refractivity contribution in [1.82, 2.24) is 0 Å². The van der Waals surface area contributed by atoms with E-state index in [1.165, 1.54) is 31.3 Å². The van der Waals surface area contributed by atoms with Crippen molar-refractivity contribution in [3.05, 3.63) is 59.4 Å². The highest BCUT2D eigenvalue weighted by molar-refractivity contribution is 7.92. The Morgan fingerprint density at radius 1 is 1.00 bits per heavy atom. The Morgan fingerprint density at radius 2 is 1.58 bits per heavy atom. The zero-order valence-corrected chi connectivity index (χ0v) is 13.5. The number of sulfonamides is 1. The van der Waals surface area contributed by atoms with Crippen LogP contribution >= 0.6 is 0 Å². The molecule has 0 saturated carbocycles. The number of benzene rings is 2. The van der Waals surface area contributed by atoms with Crippen molar-refractivity contribution in [1.29, 1.82) is 0 Å². The van der Waals surface area contributed by atoms with Crippen LogP contribution in [-0.4, -0.2) is 27.6 Å². The maximum atomic E-state index is 13.6. The smallest absolute Gasteiger partial charge is 0.258 e. The third-order valence-electron chi connectivity index (χ3n) is 3.27. The zero-order valence-electron chi connectivity index (χ0n) is 12.7. The Bertz CT molecular complexity index is 884. The molecule has 0 heterocycles. The van der Waals surface area contributed by atoms with Crippen LogP contribution < -0.4 is 9.62 Å². The van der Waals surface area contributed by atoms with Crippen molar-refractivity contribution in [2.75, 3.05) is 22.9 Å². The molecule has 1 amide bonds. The van der Waals surface area contributed by atoms with Crippen LogP contribution in [0.4, 0.5) is 24.5 Å². The Kier molecular flexibility index (Phi) is 4.83. The van der Waals surface area contributed by atoms with Crippen molar-refractivity contribution < 1.29 is 26.4 Å². The summed E-state index contributed by atoms with van der Waals surface area (Å²) in [6, 6.07) is 7.13. The van der Waals surface area contributed by atoms with Gasteiger partial charge in [-0.15, -0.1) is 0 Å². The minimum atomic E-state index is -3.43. The lowest BCUT2D eigenvalue weighted by atomic mass is 10.1. The van der Waals surface area contributed by atoms with E-state index in [2.05, 4.69) is 5.32 Å². The van der Waals surface area contributed by atoms with Crippen molar-refractivity contribution in [3.63, 3.8) is 0 Å². The summed E-state index contributed by atoms with van der Waals surface area (Å²) in [5.41, 5.74) is -0.0597. The number of hydrogen-bond donors (Lipinski definition) is 1. The van der Waals surface area contributed by atoms with Crippen LogP contribution in [0.5, 0.6) is 0 Å². The first kappa shape index (κ1) is 17.8. The molecule has 0 bridgehead atoms. The van der Waals surface area contributed by atoms with Crippen LogP contribution in [0.1, 0.15) is 10.4 Å². The summed E-state index contributed by atoms with van der Waals surface area (Å²) in [5, 5.41) is 2.31. The van der Waals surface area contributed by atoms with Gasteiger partial charge in [-0.3, -0.25) is 9.10 Å². The van der Waals surface area contributed by atoms with Gasteiger partial charge < -0.3 is 5.32 Å². The van der Waals surface area contributed by atoms with E-state index in [9.17, 15) is 26.4 Å². The van der Waals surface area contributed by atoms with Gasteiger partial charge in [-0.2, -0.15) is 0 Å². The van der Waals surface area contributed by atoms with E-state index >= 15 is 0 Å². The van der Waals surface area contributed by atoms with Crippen molar-refractivity contribution in [3.8, 4) is 0 Å². The standard InChI is InChI=1S/C15H13F3N2O3S/c1-20(24(2,22)23)10-5-3-9(4-6-10)19-15(21)11-7-8-12(16)14(18)13(11)17/h3-8H,1-2H3,(H,19,21). The highest BCUT2D eigenvalue weighted by Gasteiger charge is 2.19. The predicted octanol–water partition coefficient (Wildman–Crippen LogP) is 2.75. The van der Waals surface area contributed by atoms with Crippen molar-refractivity contribution in [2.45, 2.75) is 0 Å². The molecule has 24 heavy (non-hydrogen) atoms. The molecule has 0 aliphatic heterocycles. The van der Waals surface area contributed by atoms with Gasteiger partial charge in [0.15, 0.2) is 17.5 Å². The molecule has 0 aliphatic rings. The molecule has 2 aromatic rings. The first-order valence-electron chi connectivity index (χ1n) is 6.60. The third kappa shape index (κ3) is 3.67. The second-order valence-corrected chi connectivity index (χ2v) is 6.97. The number of halogens is 3. The van der Waals surface area contributed by atoms with E-state index in [0.717, 1.165) is 16.6 Å². The molecule has 9 heteroatoms. The van der Waals surface area contributed by atoms with Crippen LogP contribution in [0.15, 0.2) is 36.4 Å². The molecule has 0 unspecified atom stereocenters. The number of nitrogens with zero attached hydrogens (tertiary/aromatic N) is 1. The summed E-state index contributed by atoms with van der Waals surface area (Å²) >= 11 is 0. The summed E-state index contributed by atoms with van der Waals surface area (Å²) in [6.07, 6.45) is 1.04. The van der Waals surface area contributed by atoms with Gasteiger partial charge in [0.2, 0.25) is 10.0 Å². The number of nitrogens with one attached hydrogen (secondary N) is 1. The molecule has 0 fully saturated rings. The first-order chi connectivity index (χ1) is 11.1. The van der Waals surface area contributed by atoms with E-state index < -0.39 is 38.9 Å². The molecule has 0 aliphatic carbocycles. The van der Waals surface area contributed by atoms with E-state index in [0.29, 0.717) is 11.8 Å². The first-order valence-corrected chi connectivity index (χ1v) is 8.45. The molecule has 0 saturated heterocycles. The molecule has 2 rings (SSSR count). The highest BCUT2D eigenvalue weighted by Crippen LogP contribution is 2.20. The molecular formula is C15H13F3N2O3S. The predicted molar refractivity (Wildman–Crippen MR) is 84.0 cm³/mol. The molecule has 0 spiro atoms. The van der Waals surface area contributed by atoms with E-state index in [1.807, 2.05) is 0 Å². The second kappa shape index (κ2) is 6.52. The molecule has 2 aromatic carbocycles. The zero-order chi connectivity index (χ0) is 18.1. The third-order valence-corrected chi connectivity index (χ3v) is 4.47. The van der Waals surface area contributed by atoms with Crippen LogP contribution in [-0.2, 0) is 10.0 Å². The Balaban J connectivity index is 2.20. The van der Waals surface area contributed by atoms with Gasteiger partial charge in [-0.05, 0) is 36.4 Å². The monoisotopic (exact) mass is 358 g/mol. The number of carbonyl (C=O) groups excluding carboxylic acids is 1. The number of amides is 1. The lowest BCUT2D eigenvalue weighted by Crippen LogP contribution is -2.24. The minimum absolute atomic E-state index is 0.231. The summed E-state index contributed by atoms with van der Waals surface area (Å²) in [5.74, 6) is -5.67. The lowest BCUT2D eigenvalue weighted by Gasteiger charge is -2.17. The van der Waals surface area contributed by atoms with E-state index in [1.54, 1.807) is 0 Å². The van der Waals surface area contributed by atoms with Gasteiger partial charge in [0.1, 0.15) is 0 Å². The molecule has 0 atom stereocenters. The molecular weight excluding hydrogens is 345 g/mol. The van der Waals surface area contributed by atoms with Gasteiger partial charge in [0.25, 0.3) is 5.91 Å². The normalized spacial score (nSPS) is 11.2. The summed E-state index contributed by atoms with van der Waals surface area (Å²) in [7, 11) is -2.07. The molecule has 0 aromatic heterocycles. The maximum Gasteiger partial charge on any atom is 0.258 e. The van der Waals surface area contributed by atoms with Gasteiger partial charge >= 0.3 is 0 Å². The fourth-order valence-electron chi connectivity index (χ4n) is 1.85. The fraction of sp³-hybridized carbons (Fsp3) is 0.133. The van der Waals surface area contributed by atoms with Gasteiger partial charge in [0, 0.05) is 12.7 Å². The topological polar surface area (TPSA) is 66.5 Å². The Hall–Kier alpha value is -2.55. The molecule has 5 nitrogen and oxygen atoms in total. The fourth-order valence-corrected chi connectivity index (χ4v) is 2.35. The minimum Gasteiger partial charge on any atom is -0.322 e. The van der Waals surface area contributed by atoms with Gasteiger partial charge in [0.05, 0.1) is 17.5 Å². The Morgan fingerprint density at radius 3 is 2.12 bits per heavy atom. The molecule has 128 valence electrons. The van der Waals surface area contributed by atoms with Gasteiger partial charge in [-0.1, -0.05) is 0 Å². The summed E-state index contributed by atoms with van der Waals surface area (Å²) in [6.45, 7) is 0. The summed E-state index contributed by atoms with van der Waals surface area (Å²) < 4.78 is 63.5. The SMILES string of the molecule is CN(c1ccc(NC(=O)c2ccc(F)c(F)c2F)cc1)S(C)(=O)=O.